The van der Waals surface area contributed by atoms with E-state index in [1.165, 1.54) is 38.5 Å². The van der Waals surface area contributed by atoms with Crippen molar-refractivity contribution >= 4 is 21.8 Å². The summed E-state index contributed by atoms with van der Waals surface area (Å²) >= 11 is 4.05. The van der Waals surface area contributed by atoms with E-state index in [0.717, 1.165) is 44.4 Å². The Kier molecular flexibility index (Phi) is 3.42. The van der Waals surface area contributed by atoms with Crippen molar-refractivity contribution in [3.05, 3.63) is 0 Å². The summed E-state index contributed by atoms with van der Waals surface area (Å²) in [6.07, 6.45) is 8.83. The van der Waals surface area contributed by atoms with Crippen molar-refractivity contribution in [2.75, 3.05) is 33.2 Å². The smallest absolute Gasteiger partial charge is 0.223 e. The van der Waals surface area contributed by atoms with Crippen LogP contribution in [0.2, 0.25) is 0 Å². The number of nitrogens with zero attached hydrogens (tertiary/aromatic N) is 2. The van der Waals surface area contributed by atoms with E-state index in [-0.39, 0.29) is 0 Å². The SMILES string of the molecule is CN1CCN(C(=O)CC23C[C@H]4C[C@@H](CC(Br)(C4)C2)C3)CC1. The summed E-state index contributed by atoms with van der Waals surface area (Å²) in [4.78, 5) is 17.2. The van der Waals surface area contributed by atoms with Gasteiger partial charge in [0.05, 0.1) is 0 Å². The fourth-order valence-electron chi connectivity index (χ4n) is 6.03. The Morgan fingerprint density at radius 1 is 1.10 bits per heavy atom. The predicted octanol–water partition coefficient (Wildman–Crippen LogP) is 2.88. The number of amides is 1. The molecule has 0 aromatic carbocycles. The van der Waals surface area contributed by atoms with E-state index in [2.05, 4.69) is 32.8 Å². The third kappa shape index (κ3) is 2.67. The van der Waals surface area contributed by atoms with Crippen LogP contribution >= 0.6 is 15.9 Å². The van der Waals surface area contributed by atoms with Crippen LogP contribution in [0.25, 0.3) is 0 Å². The second-order valence-electron chi connectivity index (χ2n) is 8.47. The topological polar surface area (TPSA) is 23.6 Å². The highest BCUT2D eigenvalue weighted by atomic mass is 79.9. The highest BCUT2D eigenvalue weighted by Crippen LogP contribution is 2.65. The summed E-state index contributed by atoms with van der Waals surface area (Å²) in [7, 11) is 2.15. The molecule has 4 aliphatic carbocycles. The minimum absolute atomic E-state index is 0.327. The van der Waals surface area contributed by atoms with Crippen molar-refractivity contribution in [2.24, 2.45) is 17.3 Å². The molecule has 3 nitrogen and oxygen atoms in total. The number of carbonyl (C=O) groups excluding carboxylic acids is 1. The third-order valence-electron chi connectivity index (χ3n) is 6.49. The van der Waals surface area contributed by atoms with Crippen molar-refractivity contribution in [3.8, 4) is 0 Å². The molecule has 0 N–H and O–H groups in total. The predicted molar refractivity (Wildman–Crippen MR) is 87.5 cm³/mol. The van der Waals surface area contributed by atoms with Crippen LogP contribution in [0.1, 0.15) is 44.9 Å². The molecule has 21 heavy (non-hydrogen) atoms. The zero-order valence-corrected chi connectivity index (χ0v) is 14.7. The molecular weight excluding hydrogens is 328 g/mol. The van der Waals surface area contributed by atoms with Crippen molar-refractivity contribution < 1.29 is 4.79 Å². The van der Waals surface area contributed by atoms with Crippen LogP contribution < -0.4 is 0 Å². The van der Waals surface area contributed by atoms with Crippen molar-refractivity contribution in [1.29, 1.82) is 0 Å². The van der Waals surface area contributed by atoms with Crippen LogP contribution in [0, 0.1) is 17.3 Å². The summed E-state index contributed by atoms with van der Waals surface area (Å²) in [6.45, 7) is 3.92. The molecule has 118 valence electrons. The van der Waals surface area contributed by atoms with Crippen LogP contribution in [-0.2, 0) is 4.79 Å². The molecule has 1 saturated heterocycles. The first-order valence-corrected chi connectivity index (χ1v) is 9.40. The van der Waals surface area contributed by atoms with Gasteiger partial charge in [-0.15, -0.1) is 0 Å². The van der Waals surface area contributed by atoms with E-state index in [9.17, 15) is 4.79 Å². The second kappa shape index (κ2) is 4.95. The second-order valence-corrected chi connectivity index (χ2v) is 10.2. The molecule has 1 amide bonds. The van der Waals surface area contributed by atoms with Gasteiger partial charge >= 0.3 is 0 Å². The monoisotopic (exact) mass is 354 g/mol. The van der Waals surface area contributed by atoms with Gasteiger partial charge in [-0.25, -0.2) is 0 Å². The number of carbonyl (C=O) groups is 1. The van der Waals surface area contributed by atoms with Gasteiger partial charge < -0.3 is 9.80 Å². The molecule has 0 radical (unpaired) electrons. The Morgan fingerprint density at radius 2 is 1.71 bits per heavy atom. The highest BCUT2D eigenvalue weighted by Gasteiger charge is 2.57. The fourth-order valence-corrected chi connectivity index (χ4v) is 7.54. The molecule has 0 aromatic heterocycles. The maximum absolute atomic E-state index is 12.8. The maximum Gasteiger partial charge on any atom is 0.223 e. The first kappa shape index (κ1) is 14.5. The number of alkyl halides is 1. The van der Waals surface area contributed by atoms with Crippen molar-refractivity contribution in [1.82, 2.24) is 9.80 Å². The van der Waals surface area contributed by atoms with Gasteiger partial charge in [0.1, 0.15) is 0 Å². The molecule has 4 saturated carbocycles. The number of piperazine rings is 1. The molecule has 0 unspecified atom stereocenters. The van der Waals surface area contributed by atoms with Gasteiger partial charge in [0.15, 0.2) is 0 Å². The molecule has 5 aliphatic rings. The van der Waals surface area contributed by atoms with E-state index in [1.807, 2.05) is 0 Å². The van der Waals surface area contributed by atoms with Crippen LogP contribution in [0.15, 0.2) is 0 Å². The number of hydrogen-bond donors (Lipinski definition) is 0. The van der Waals surface area contributed by atoms with Crippen molar-refractivity contribution in [2.45, 2.75) is 49.3 Å². The normalized spacial score (nSPS) is 46.1. The average molecular weight is 355 g/mol. The fraction of sp³-hybridized carbons (Fsp3) is 0.941. The molecule has 0 spiro atoms. The molecular formula is C17H27BrN2O. The molecule has 1 heterocycles. The summed E-state index contributed by atoms with van der Waals surface area (Å²) in [6, 6.07) is 0. The number of likely N-dealkylation sites (N-methyl/N-ethyl adjacent to an activating group) is 1. The van der Waals surface area contributed by atoms with Gasteiger partial charge in [0.25, 0.3) is 0 Å². The van der Waals surface area contributed by atoms with E-state index in [1.54, 1.807) is 0 Å². The summed E-state index contributed by atoms with van der Waals surface area (Å²) < 4.78 is 0.374. The first-order valence-electron chi connectivity index (χ1n) is 8.61. The number of hydrogen-bond acceptors (Lipinski definition) is 2. The quantitative estimate of drug-likeness (QED) is 0.711. The number of halogens is 1. The molecule has 0 aromatic rings. The highest BCUT2D eigenvalue weighted by molar-refractivity contribution is 9.10. The molecule has 4 heteroatoms. The Hall–Kier alpha value is -0.0900. The Morgan fingerprint density at radius 3 is 2.29 bits per heavy atom. The van der Waals surface area contributed by atoms with E-state index < -0.39 is 0 Å². The van der Waals surface area contributed by atoms with Crippen LogP contribution in [0.3, 0.4) is 0 Å². The van der Waals surface area contributed by atoms with Gasteiger partial charge in [-0.2, -0.15) is 0 Å². The van der Waals surface area contributed by atoms with Gasteiger partial charge in [0, 0.05) is 36.9 Å². The Labute approximate surface area is 136 Å². The average Bonchev–Trinajstić information content (AvgIpc) is 2.35. The summed E-state index contributed by atoms with van der Waals surface area (Å²) in [5, 5.41) is 0. The van der Waals surface area contributed by atoms with E-state index in [0.29, 0.717) is 15.6 Å². The minimum Gasteiger partial charge on any atom is -0.340 e. The lowest BCUT2D eigenvalue weighted by atomic mass is 9.48. The Bertz CT molecular complexity index is 430. The summed E-state index contributed by atoms with van der Waals surface area (Å²) in [5.41, 5.74) is 0.327. The molecule has 1 aliphatic heterocycles. The van der Waals surface area contributed by atoms with E-state index >= 15 is 0 Å². The van der Waals surface area contributed by atoms with Crippen LogP contribution in [0.4, 0.5) is 0 Å². The van der Waals surface area contributed by atoms with Gasteiger partial charge in [-0.1, -0.05) is 15.9 Å². The van der Waals surface area contributed by atoms with Crippen LogP contribution in [-0.4, -0.2) is 53.3 Å². The first-order chi connectivity index (χ1) is 9.95. The standard InChI is InChI=1S/C17H27BrN2O/c1-19-2-4-20(5-3-19)15(21)11-16-7-13-6-14(8-16)10-17(18,9-13)12-16/h13-14H,2-12H2,1H3/t13-,14-,16?,17?/m1/s1. The number of rotatable bonds is 2. The molecule has 5 fully saturated rings. The molecule has 5 rings (SSSR count). The minimum atomic E-state index is 0.327. The third-order valence-corrected chi connectivity index (χ3v) is 7.42. The van der Waals surface area contributed by atoms with Gasteiger partial charge in [-0.05, 0) is 62.8 Å². The zero-order valence-electron chi connectivity index (χ0n) is 13.1. The lowest BCUT2D eigenvalue weighted by Crippen LogP contribution is -2.55. The van der Waals surface area contributed by atoms with Crippen molar-refractivity contribution in [3.63, 3.8) is 0 Å². The van der Waals surface area contributed by atoms with Crippen LogP contribution in [0.5, 0.6) is 0 Å². The lowest BCUT2D eigenvalue weighted by molar-refractivity contribution is -0.139. The maximum atomic E-state index is 12.8. The lowest BCUT2D eigenvalue weighted by Gasteiger charge is -2.60. The Balaban J connectivity index is 1.45. The van der Waals surface area contributed by atoms with Gasteiger partial charge in [-0.3, -0.25) is 4.79 Å². The summed E-state index contributed by atoms with van der Waals surface area (Å²) in [5.74, 6) is 2.19. The molecule has 4 bridgehead atoms. The van der Waals surface area contributed by atoms with E-state index in [4.69, 9.17) is 0 Å². The molecule has 2 atom stereocenters. The largest absolute Gasteiger partial charge is 0.340 e. The van der Waals surface area contributed by atoms with Gasteiger partial charge in [0.2, 0.25) is 5.91 Å². The zero-order chi connectivity index (χ0) is 14.7.